The van der Waals surface area contributed by atoms with Gasteiger partial charge in [0.25, 0.3) is 0 Å². The zero-order valence-corrected chi connectivity index (χ0v) is 12.1. The molecule has 1 fully saturated rings. The molecule has 1 aliphatic carbocycles. The van der Waals surface area contributed by atoms with E-state index < -0.39 is 0 Å². The minimum atomic E-state index is -0.349. The van der Waals surface area contributed by atoms with E-state index >= 15 is 0 Å². The van der Waals surface area contributed by atoms with Crippen LogP contribution in [0, 0.1) is 11.8 Å². The van der Waals surface area contributed by atoms with Crippen molar-refractivity contribution in [2.75, 3.05) is 24.7 Å². The van der Waals surface area contributed by atoms with Gasteiger partial charge in [-0.15, -0.1) is 0 Å². The van der Waals surface area contributed by atoms with Crippen molar-refractivity contribution in [3.05, 3.63) is 0 Å². The number of aliphatic hydroxyl groups is 1. The molecule has 2 atom stereocenters. The van der Waals surface area contributed by atoms with Crippen molar-refractivity contribution in [1.82, 2.24) is 5.32 Å². The molecule has 0 aromatic heterocycles. The van der Waals surface area contributed by atoms with Gasteiger partial charge < -0.3 is 16.2 Å². The minimum Gasteiger partial charge on any atom is -0.396 e. The van der Waals surface area contributed by atoms with Crippen molar-refractivity contribution in [1.29, 1.82) is 0 Å². The van der Waals surface area contributed by atoms with Gasteiger partial charge in [0.1, 0.15) is 0 Å². The van der Waals surface area contributed by atoms with Gasteiger partial charge in [-0.05, 0) is 24.7 Å². The second-order valence-corrected chi connectivity index (χ2v) is 6.17. The number of carbonyl (C=O) groups excluding carboxylic acids is 2. The first-order chi connectivity index (χ1) is 9.13. The number of nitrogens with two attached hydrogens (primary N) is 1. The Hall–Kier alpha value is -0.750. The average molecular weight is 288 g/mol. The molecule has 1 rings (SSSR count). The van der Waals surface area contributed by atoms with Crippen LogP contribution in [0.1, 0.15) is 32.1 Å². The van der Waals surface area contributed by atoms with E-state index in [2.05, 4.69) is 5.32 Å². The third kappa shape index (κ3) is 6.82. The third-order valence-electron chi connectivity index (χ3n) is 3.58. The molecule has 6 heteroatoms. The Balaban J connectivity index is 2.13. The highest BCUT2D eigenvalue weighted by Crippen LogP contribution is 2.29. The van der Waals surface area contributed by atoms with Gasteiger partial charge in [-0.25, -0.2) is 0 Å². The highest BCUT2D eigenvalue weighted by molar-refractivity contribution is 7.99. The van der Waals surface area contributed by atoms with E-state index in [4.69, 9.17) is 5.73 Å². The van der Waals surface area contributed by atoms with Crippen LogP contribution in [-0.4, -0.2) is 41.6 Å². The summed E-state index contributed by atoms with van der Waals surface area (Å²) in [7, 11) is 0. The monoisotopic (exact) mass is 288 g/mol. The van der Waals surface area contributed by atoms with Gasteiger partial charge in [-0.3, -0.25) is 9.59 Å². The first-order valence-electron chi connectivity index (χ1n) is 6.87. The fraction of sp³-hybridized carbons (Fsp3) is 0.846. The summed E-state index contributed by atoms with van der Waals surface area (Å²) in [6.07, 6.45) is 4.92. The number of hydrogen-bond donors (Lipinski definition) is 3. The van der Waals surface area contributed by atoms with Crippen LogP contribution in [0.5, 0.6) is 0 Å². The lowest BCUT2D eigenvalue weighted by Crippen LogP contribution is -2.35. The van der Waals surface area contributed by atoms with E-state index in [-0.39, 0.29) is 24.2 Å². The number of thioether (sulfide) groups is 1. The largest absolute Gasteiger partial charge is 0.396 e. The van der Waals surface area contributed by atoms with Crippen LogP contribution in [0.2, 0.25) is 0 Å². The minimum absolute atomic E-state index is 0.0132. The Morgan fingerprint density at radius 1 is 1.26 bits per heavy atom. The zero-order valence-electron chi connectivity index (χ0n) is 11.3. The molecule has 0 aliphatic heterocycles. The molecule has 110 valence electrons. The number of amides is 2. The highest BCUT2D eigenvalue weighted by atomic mass is 32.2. The first kappa shape index (κ1) is 16.3. The van der Waals surface area contributed by atoms with E-state index in [1.165, 1.54) is 24.6 Å². The lowest BCUT2D eigenvalue weighted by atomic mass is 9.79. The Bertz CT molecular complexity index is 300. The predicted molar refractivity (Wildman–Crippen MR) is 76.7 cm³/mol. The maximum Gasteiger partial charge on any atom is 0.227 e. The van der Waals surface area contributed by atoms with Crippen LogP contribution in [0.4, 0.5) is 0 Å². The standard InChI is InChI=1S/C13H24N2O3S/c14-12(17)9-19-6-5-13(18)15-7-10-3-1-2-4-11(10)8-16/h10-11,16H,1-9H2,(H2,14,17)(H,15,18). The molecule has 19 heavy (non-hydrogen) atoms. The Morgan fingerprint density at radius 2 is 1.95 bits per heavy atom. The Labute approximate surface area is 118 Å². The van der Waals surface area contributed by atoms with Crippen LogP contribution in [0.15, 0.2) is 0 Å². The van der Waals surface area contributed by atoms with Crippen molar-refractivity contribution in [2.45, 2.75) is 32.1 Å². The summed E-state index contributed by atoms with van der Waals surface area (Å²) >= 11 is 1.38. The van der Waals surface area contributed by atoms with E-state index in [9.17, 15) is 14.7 Å². The molecule has 0 aromatic rings. The maximum atomic E-state index is 11.6. The summed E-state index contributed by atoms with van der Waals surface area (Å²) in [5.74, 6) is 1.28. The second kappa shape index (κ2) is 9.20. The van der Waals surface area contributed by atoms with Gasteiger partial charge in [0.2, 0.25) is 11.8 Å². The first-order valence-corrected chi connectivity index (χ1v) is 8.02. The smallest absolute Gasteiger partial charge is 0.227 e. The molecule has 5 nitrogen and oxygen atoms in total. The summed E-state index contributed by atoms with van der Waals surface area (Å²) < 4.78 is 0. The number of aliphatic hydroxyl groups excluding tert-OH is 1. The van der Waals surface area contributed by atoms with Gasteiger partial charge in [0.15, 0.2) is 0 Å². The summed E-state index contributed by atoms with van der Waals surface area (Å²) in [6.45, 7) is 0.875. The molecule has 4 N–H and O–H groups in total. The Kier molecular flexibility index (Phi) is 7.90. The number of nitrogens with one attached hydrogen (secondary N) is 1. The van der Waals surface area contributed by atoms with Crippen molar-refractivity contribution in [3.8, 4) is 0 Å². The van der Waals surface area contributed by atoms with E-state index in [1.54, 1.807) is 0 Å². The number of carbonyl (C=O) groups is 2. The highest BCUT2D eigenvalue weighted by Gasteiger charge is 2.24. The van der Waals surface area contributed by atoms with Gasteiger partial charge in [-0.2, -0.15) is 11.8 Å². The molecule has 0 spiro atoms. The summed E-state index contributed by atoms with van der Waals surface area (Å²) in [5.41, 5.74) is 5.01. The molecule has 1 aliphatic rings. The van der Waals surface area contributed by atoms with E-state index in [0.717, 1.165) is 12.8 Å². The number of primary amides is 1. The average Bonchev–Trinajstić information content (AvgIpc) is 2.41. The molecule has 0 heterocycles. The van der Waals surface area contributed by atoms with Crippen molar-refractivity contribution in [3.63, 3.8) is 0 Å². The molecule has 0 aromatic carbocycles. The van der Waals surface area contributed by atoms with Crippen molar-refractivity contribution < 1.29 is 14.7 Å². The summed E-state index contributed by atoms with van der Waals surface area (Å²) in [6, 6.07) is 0. The SMILES string of the molecule is NC(=O)CSCCC(=O)NCC1CCCCC1CO. The third-order valence-corrected chi connectivity index (χ3v) is 4.56. The molecular formula is C13H24N2O3S. The molecule has 0 bridgehead atoms. The van der Waals surface area contributed by atoms with Crippen LogP contribution < -0.4 is 11.1 Å². The number of rotatable bonds is 8. The van der Waals surface area contributed by atoms with Crippen LogP contribution in [0.25, 0.3) is 0 Å². The quantitative estimate of drug-likeness (QED) is 0.567. The lowest BCUT2D eigenvalue weighted by Gasteiger charge is -2.30. The predicted octanol–water partition coefficient (Wildman–Crippen LogP) is 0.510. The van der Waals surface area contributed by atoms with Gasteiger partial charge in [0.05, 0.1) is 5.75 Å². The molecule has 1 saturated carbocycles. The van der Waals surface area contributed by atoms with E-state index in [0.29, 0.717) is 30.6 Å². The lowest BCUT2D eigenvalue weighted by molar-refractivity contribution is -0.121. The van der Waals surface area contributed by atoms with Crippen molar-refractivity contribution >= 4 is 23.6 Å². The van der Waals surface area contributed by atoms with Gasteiger partial charge >= 0.3 is 0 Å². The molecule has 0 radical (unpaired) electrons. The fourth-order valence-corrected chi connectivity index (χ4v) is 3.14. The Morgan fingerprint density at radius 3 is 2.58 bits per heavy atom. The van der Waals surface area contributed by atoms with Gasteiger partial charge in [0, 0.05) is 25.3 Å². The molecule has 2 unspecified atom stereocenters. The van der Waals surface area contributed by atoms with Crippen LogP contribution >= 0.6 is 11.8 Å². The molecular weight excluding hydrogens is 264 g/mol. The topological polar surface area (TPSA) is 92.4 Å². The van der Waals surface area contributed by atoms with Crippen LogP contribution in [0.3, 0.4) is 0 Å². The fourth-order valence-electron chi connectivity index (χ4n) is 2.46. The summed E-state index contributed by atoms with van der Waals surface area (Å²) in [5, 5.41) is 12.2. The molecule has 2 amide bonds. The van der Waals surface area contributed by atoms with E-state index in [1.807, 2.05) is 0 Å². The van der Waals surface area contributed by atoms with Gasteiger partial charge in [-0.1, -0.05) is 12.8 Å². The van der Waals surface area contributed by atoms with Crippen LogP contribution in [-0.2, 0) is 9.59 Å². The van der Waals surface area contributed by atoms with Crippen molar-refractivity contribution in [2.24, 2.45) is 17.6 Å². The number of hydrogen-bond acceptors (Lipinski definition) is 4. The maximum absolute atomic E-state index is 11.6. The zero-order chi connectivity index (χ0) is 14.1. The molecule has 0 saturated heterocycles. The second-order valence-electron chi connectivity index (χ2n) is 5.06. The summed E-state index contributed by atoms with van der Waals surface area (Å²) in [4.78, 5) is 22.1. The normalized spacial score (nSPS) is 23.0.